The molecule has 0 atom stereocenters. The molecule has 0 fully saturated rings. The summed E-state index contributed by atoms with van der Waals surface area (Å²) in [6, 6.07) is 2.24. The third-order valence-corrected chi connectivity index (χ3v) is 3.56. The summed E-state index contributed by atoms with van der Waals surface area (Å²) >= 11 is 5.30. The average Bonchev–Trinajstić information content (AvgIpc) is 2.30. The van der Waals surface area contributed by atoms with Crippen molar-refractivity contribution in [2.24, 2.45) is 0 Å². The maximum absolute atomic E-state index is 3.44. The lowest BCUT2D eigenvalue weighted by Crippen LogP contribution is -1.76. The molecule has 12 heavy (non-hydrogen) atoms. The van der Waals surface area contributed by atoms with E-state index in [1.165, 1.54) is 20.9 Å². The Morgan fingerprint density at radius 1 is 1.58 bits per heavy atom. The quantitative estimate of drug-likeness (QED) is 0.686. The first kappa shape index (κ1) is 10.0. The monoisotopic (exact) mass is 244 g/mol. The fourth-order valence-electron chi connectivity index (χ4n) is 1.10. The van der Waals surface area contributed by atoms with Gasteiger partial charge < -0.3 is 0 Å². The molecule has 0 radical (unpaired) electrons. The second kappa shape index (κ2) is 4.24. The standard InChI is InChI=1S/C10H13BrS/c1-7(6-11)4-10-5-8(2)12-9(10)3/h4-5H,6H2,1-3H3/b7-4-. The van der Waals surface area contributed by atoms with E-state index in [0.717, 1.165) is 5.33 Å². The zero-order valence-corrected chi connectivity index (χ0v) is 10.1. The Balaban J connectivity index is 2.95. The molecule has 0 amide bonds. The van der Waals surface area contributed by atoms with Crippen molar-refractivity contribution in [2.75, 3.05) is 5.33 Å². The van der Waals surface area contributed by atoms with E-state index in [-0.39, 0.29) is 0 Å². The first-order chi connectivity index (χ1) is 5.63. The number of allylic oxidation sites excluding steroid dienone is 1. The van der Waals surface area contributed by atoms with E-state index in [0.29, 0.717) is 0 Å². The lowest BCUT2D eigenvalue weighted by Gasteiger charge is -1.93. The van der Waals surface area contributed by atoms with E-state index < -0.39 is 0 Å². The van der Waals surface area contributed by atoms with E-state index >= 15 is 0 Å². The molecule has 0 saturated heterocycles. The van der Waals surface area contributed by atoms with Gasteiger partial charge in [-0.2, -0.15) is 0 Å². The Morgan fingerprint density at radius 2 is 2.25 bits per heavy atom. The first-order valence-corrected chi connectivity index (χ1v) is 5.87. The van der Waals surface area contributed by atoms with Crippen LogP contribution in [0, 0.1) is 13.8 Å². The van der Waals surface area contributed by atoms with Gasteiger partial charge in [0.15, 0.2) is 0 Å². The first-order valence-electron chi connectivity index (χ1n) is 3.93. The van der Waals surface area contributed by atoms with Crippen LogP contribution in [-0.2, 0) is 0 Å². The second-order valence-electron chi connectivity index (χ2n) is 2.99. The van der Waals surface area contributed by atoms with Crippen LogP contribution >= 0.6 is 27.3 Å². The lowest BCUT2D eigenvalue weighted by molar-refractivity contribution is 1.44. The molecule has 1 heterocycles. The highest BCUT2D eigenvalue weighted by Crippen LogP contribution is 2.22. The molecule has 1 rings (SSSR count). The zero-order chi connectivity index (χ0) is 9.14. The molecule has 0 N–H and O–H groups in total. The van der Waals surface area contributed by atoms with Gasteiger partial charge in [0.1, 0.15) is 0 Å². The minimum Gasteiger partial charge on any atom is -0.145 e. The predicted octanol–water partition coefficient (Wildman–Crippen LogP) is 4.16. The Kier molecular flexibility index (Phi) is 3.53. The SMILES string of the molecule is C/C(=C/c1cc(C)sc1C)CBr. The van der Waals surface area contributed by atoms with Crippen molar-refractivity contribution in [3.8, 4) is 0 Å². The topological polar surface area (TPSA) is 0 Å². The van der Waals surface area contributed by atoms with Crippen LogP contribution < -0.4 is 0 Å². The van der Waals surface area contributed by atoms with Gasteiger partial charge in [-0.15, -0.1) is 11.3 Å². The van der Waals surface area contributed by atoms with Gasteiger partial charge in [-0.1, -0.05) is 27.6 Å². The number of hydrogen-bond acceptors (Lipinski definition) is 1. The van der Waals surface area contributed by atoms with Gasteiger partial charge in [0.2, 0.25) is 0 Å². The van der Waals surface area contributed by atoms with E-state index in [1.54, 1.807) is 0 Å². The van der Waals surface area contributed by atoms with Crippen LogP contribution in [0.4, 0.5) is 0 Å². The number of aryl methyl sites for hydroxylation is 2. The van der Waals surface area contributed by atoms with Crippen LogP contribution in [0.15, 0.2) is 11.6 Å². The van der Waals surface area contributed by atoms with E-state index in [4.69, 9.17) is 0 Å². The highest BCUT2D eigenvalue weighted by Gasteiger charge is 1.99. The molecule has 0 aromatic carbocycles. The fraction of sp³-hybridized carbons (Fsp3) is 0.400. The summed E-state index contributed by atoms with van der Waals surface area (Å²) in [4.78, 5) is 2.80. The Labute approximate surface area is 86.4 Å². The van der Waals surface area contributed by atoms with Gasteiger partial charge in [0, 0.05) is 15.1 Å². The third kappa shape index (κ3) is 2.46. The summed E-state index contributed by atoms with van der Waals surface area (Å²) in [5.74, 6) is 0. The minimum atomic E-state index is 0.960. The summed E-state index contributed by atoms with van der Waals surface area (Å²) in [6.07, 6.45) is 2.24. The molecule has 0 bridgehead atoms. The molecule has 2 heteroatoms. The normalized spacial score (nSPS) is 12.2. The summed E-state index contributed by atoms with van der Waals surface area (Å²) < 4.78 is 0. The highest BCUT2D eigenvalue weighted by molar-refractivity contribution is 9.09. The predicted molar refractivity (Wildman–Crippen MR) is 61.2 cm³/mol. The van der Waals surface area contributed by atoms with Gasteiger partial charge >= 0.3 is 0 Å². The molecule has 1 aromatic rings. The van der Waals surface area contributed by atoms with Crippen LogP contribution in [0.2, 0.25) is 0 Å². The molecular formula is C10H13BrS. The van der Waals surface area contributed by atoms with Crippen molar-refractivity contribution in [2.45, 2.75) is 20.8 Å². The van der Waals surface area contributed by atoms with Gasteiger partial charge in [0.25, 0.3) is 0 Å². The molecular weight excluding hydrogens is 232 g/mol. The van der Waals surface area contributed by atoms with E-state index in [1.807, 2.05) is 11.3 Å². The van der Waals surface area contributed by atoms with Crippen LogP contribution in [0.3, 0.4) is 0 Å². The summed E-state index contributed by atoms with van der Waals surface area (Å²) in [6.45, 7) is 6.46. The highest BCUT2D eigenvalue weighted by atomic mass is 79.9. The van der Waals surface area contributed by atoms with Gasteiger partial charge in [0.05, 0.1) is 0 Å². The molecule has 0 aliphatic carbocycles. The molecule has 0 nitrogen and oxygen atoms in total. The molecule has 0 spiro atoms. The van der Waals surface area contributed by atoms with E-state index in [2.05, 4.69) is 48.8 Å². The maximum Gasteiger partial charge on any atom is 0.0242 e. The van der Waals surface area contributed by atoms with Crippen LogP contribution in [0.25, 0.3) is 6.08 Å². The summed E-state index contributed by atoms with van der Waals surface area (Å²) in [5, 5.41) is 0.960. The Morgan fingerprint density at radius 3 is 2.67 bits per heavy atom. The van der Waals surface area contributed by atoms with Crippen molar-refractivity contribution in [3.63, 3.8) is 0 Å². The number of alkyl halides is 1. The molecule has 0 unspecified atom stereocenters. The van der Waals surface area contributed by atoms with Crippen LogP contribution in [0.5, 0.6) is 0 Å². The van der Waals surface area contributed by atoms with Crippen molar-refractivity contribution in [1.82, 2.24) is 0 Å². The molecule has 1 aromatic heterocycles. The number of halogens is 1. The minimum absolute atomic E-state index is 0.960. The average molecular weight is 245 g/mol. The van der Waals surface area contributed by atoms with E-state index in [9.17, 15) is 0 Å². The second-order valence-corrected chi connectivity index (χ2v) is 5.01. The van der Waals surface area contributed by atoms with Crippen molar-refractivity contribution in [1.29, 1.82) is 0 Å². The van der Waals surface area contributed by atoms with Crippen molar-refractivity contribution < 1.29 is 0 Å². The Bertz CT molecular complexity index is 297. The fourth-order valence-corrected chi connectivity index (χ4v) is 2.16. The largest absolute Gasteiger partial charge is 0.145 e. The molecule has 0 saturated carbocycles. The molecule has 0 aliphatic heterocycles. The van der Waals surface area contributed by atoms with Crippen molar-refractivity contribution >= 4 is 33.3 Å². The molecule has 0 aliphatic rings. The van der Waals surface area contributed by atoms with Crippen molar-refractivity contribution in [3.05, 3.63) is 27.0 Å². The Hall–Kier alpha value is -0.0800. The number of hydrogen-bond donors (Lipinski definition) is 0. The van der Waals surface area contributed by atoms with Gasteiger partial charge in [-0.25, -0.2) is 0 Å². The zero-order valence-electron chi connectivity index (χ0n) is 7.65. The number of thiophene rings is 1. The smallest absolute Gasteiger partial charge is 0.0242 e. The summed E-state index contributed by atoms with van der Waals surface area (Å²) in [5.41, 5.74) is 2.74. The maximum atomic E-state index is 3.44. The third-order valence-electron chi connectivity index (χ3n) is 1.69. The van der Waals surface area contributed by atoms with Gasteiger partial charge in [-0.05, 0) is 32.4 Å². The number of rotatable bonds is 2. The van der Waals surface area contributed by atoms with Crippen LogP contribution in [-0.4, -0.2) is 5.33 Å². The van der Waals surface area contributed by atoms with Gasteiger partial charge in [-0.3, -0.25) is 0 Å². The molecule has 66 valence electrons. The lowest BCUT2D eigenvalue weighted by atomic mass is 10.2. The van der Waals surface area contributed by atoms with Crippen LogP contribution in [0.1, 0.15) is 22.2 Å². The summed E-state index contributed by atoms with van der Waals surface area (Å²) in [7, 11) is 0.